The molecule has 6 atom stereocenters. The Morgan fingerprint density at radius 1 is 1.21 bits per heavy atom. The maximum Gasteiger partial charge on any atom is 0.329 e. The highest BCUT2D eigenvalue weighted by Crippen LogP contribution is 2.42. The average Bonchev–Trinajstić information content (AvgIpc) is 3.26. The third-order valence-corrected chi connectivity index (χ3v) is 5.77. The molecule has 1 heterocycles. The molecule has 1 saturated carbocycles. The van der Waals surface area contributed by atoms with Crippen LogP contribution in [0.4, 0.5) is 0 Å². The van der Waals surface area contributed by atoms with Crippen molar-refractivity contribution in [2.75, 3.05) is 7.11 Å². The van der Waals surface area contributed by atoms with Crippen molar-refractivity contribution in [2.45, 2.75) is 76.8 Å². The van der Waals surface area contributed by atoms with Gasteiger partial charge in [-0.3, -0.25) is 4.79 Å². The van der Waals surface area contributed by atoms with E-state index in [1.54, 1.807) is 7.11 Å². The Morgan fingerprint density at radius 2 is 1.90 bits per heavy atom. The third kappa shape index (κ3) is 5.80. The molecule has 2 N–H and O–H groups in total. The summed E-state index contributed by atoms with van der Waals surface area (Å²) in [5, 5.41) is 6.49. The number of benzene rings is 1. The Kier molecular flexibility index (Phi) is 6.64. The van der Waals surface area contributed by atoms with Gasteiger partial charge >= 0.3 is 5.97 Å². The number of methoxy groups -OCH3 is 1. The van der Waals surface area contributed by atoms with Crippen LogP contribution in [0.25, 0.3) is 0 Å². The van der Waals surface area contributed by atoms with Crippen molar-refractivity contribution in [3.8, 4) is 0 Å². The van der Waals surface area contributed by atoms with Crippen LogP contribution in [-0.4, -0.2) is 48.8 Å². The lowest BCUT2D eigenvalue weighted by Gasteiger charge is -2.30. The molecule has 2 fully saturated rings. The largest absolute Gasteiger partial charge is 0.458 e. The van der Waals surface area contributed by atoms with Crippen molar-refractivity contribution < 1.29 is 19.1 Å². The van der Waals surface area contributed by atoms with E-state index in [9.17, 15) is 9.59 Å². The van der Waals surface area contributed by atoms with Crippen molar-refractivity contribution in [1.29, 1.82) is 0 Å². The molecule has 3 rings (SSSR count). The van der Waals surface area contributed by atoms with Gasteiger partial charge in [-0.15, -0.1) is 0 Å². The van der Waals surface area contributed by atoms with Crippen LogP contribution >= 0.6 is 0 Å². The first-order chi connectivity index (χ1) is 13.7. The zero-order chi connectivity index (χ0) is 21.2. The lowest BCUT2D eigenvalue weighted by molar-refractivity contribution is -0.159. The highest BCUT2D eigenvalue weighted by atomic mass is 16.6. The number of carbonyl (C=O) groups is 2. The minimum atomic E-state index is -0.742. The van der Waals surface area contributed by atoms with Crippen LogP contribution in [0.15, 0.2) is 30.3 Å². The number of hydrogen-bond acceptors (Lipinski definition) is 5. The topological polar surface area (TPSA) is 76.7 Å². The molecular weight excluding hydrogens is 368 g/mol. The van der Waals surface area contributed by atoms with E-state index in [0.29, 0.717) is 12.5 Å². The summed E-state index contributed by atoms with van der Waals surface area (Å²) >= 11 is 0. The van der Waals surface area contributed by atoms with Gasteiger partial charge < -0.3 is 20.1 Å². The van der Waals surface area contributed by atoms with E-state index < -0.39 is 17.6 Å². The standard InChI is InChI=1S/C23H34N2O4/c1-14(20(28-5)18-13-16-12-17(16)24-18)21(26)25-19(22(27)29-23(2,3)4)11-15-9-7-6-8-10-15/h6-10,14,16-20,24H,11-13H2,1-5H3,(H,25,26)/t14-,16+,17?,18+,19+,20?/m1/s1. The fraction of sp³-hybridized carbons (Fsp3) is 0.652. The zero-order valence-electron chi connectivity index (χ0n) is 18.1. The molecule has 1 saturated heterocycles. The molecule has 160 valence electrons. The lowest BCUT2D eigenvalue weighted by Crippen LogP contribution is -2.52. The molecule has 0 radical (unpaired) electrons. The van der Waals surface area contributed by atoms with E-state index in [2.05, 4.69) is 10.6 Å². The normalized spacial score (nSPS) is 26.2. The van der Waals surface area contributed by atoms with Crippen molar-refractivity contribution >= 4 is 11.9 Å². The molecule has 29 heavy (non-hydrogen) atoms. The summed E-state index contributed by atoms with van der Waals surface area (Å²) in [6, 6.07) is 9.68. The molecule has 2 unspecified atom stereocenters. The molecule has 0 aromatic heterocycles. The summed E-state index contributed by atoms with van der Waals surface area (Å²) in [4.78, 5) is 25.8. The molecule has 0 bridgehead atoms. The van der Waals surface area contributed by atoms with Gasteiger partial charge in [0.15, 0.2) is 0 Å². The van der Waals surface area contributed by atoms with Crippen molar-refractivity contribution in [3.05, 3.63) is 35.9 Å². The minimum absolute atomic E-state index is 0.179. The number of esters is 1. The van der Waals surface area contributed by atoms with Crippen molar-refractivity contribution in [3.63, 3.8) is 0 Å². The monoisotopic (exact) mass is 402 g/mol. The van der Waals surface area contributed by atoms with Gasteiger partial charge in [0.1, 0.15) is 11.6 Å². The quantitative estimate of drug-likeness (QED) is 0.653. The maximum atomic E-state index is 13.0. The first-order valence-corrected chi connectivity index (χ1v) is 10.5. The summed E-state index contributed by atoms with van der Waals surface area (Å²) in [5.41, 5.74) is 0.351. The SMILES string of the molecule is COC([C@@H]1C[C@@H]2CC2N1)[C@@H](C)C(=O)N[C@@H](Cc1ccccc1)C(=O)OC(C)(C)C. The van der Waals surface area contributed by atoms with Crippen LogP contribution in [0.2, 0.25) is 0 Å². The van der Waals surface area contributed by atoms with E-state index in [-0.39, 0.29) is 24.0 Å². The van der Waals surface area contributed by atoms with Crippen molar-refractivity contribution in [2.24, 2.45) is 11.8 Å². The number of hydrogen-bond donors (Lipinski definition) is 2. The Labute approximate surface area is 173 Å². The number of carbonyl (C=O) groups excluding carboxylic acids is 2. The van der Waals surface area contributed by atoms with Crippen LogP contribution in [-0.2, 0) is 25.5 Å². The molecule has 1 aliphatic heterocycles. The van der Waals surface area contributed by atoms with Gasteiger partial charge in [-0.05, 0) is 45.1 Å². The molecule has 2 aliphatic rings. The Hall–Kier alpha value is -1.92. The van der Waals surface area contributed by atoms with E-state index in [1.807, 2.05) is 58.0 Å². The summed E-state index contributed by atoms with van der Waals surface area (Å²) < 4.78 is 11.2. The van der Waals surface area contributed by atoms with E-state index in [0.717, 1.165) is 17.9 Å². The van der Waals surface area contributed by atoms with Gasteiger partial charge in [-0.25, -0.2) is 4.79 Å². The highest BCUT2D eigenvalue weighted by molar-refractivity contribution is 5.86. The van der Waals surface area contributed by atoms with Gasteiger partial charge in [0.25, 0.3) is 0 Å². The van der Waals surface area contributed by atoms with E-state index in [4.69, 9.17) is 9.47 Å². The van der Waals surface area contributed by atoms with E-state index in [1.165, 1.54) is 6.42 Å². The smallest absolute Gasteiger partial charge is 0.329 e. The molecule has 6 heteroatoms. The molecule has 1 aliphatic carbocycles. The summed E-state index contributed by atoms with van der Waals surface area (Å²) in [6.45, 7) is 7.34. The molecule has 6 nitrogen and oxygen atoms in total. The lowest BCUT2D eigenvalue weighted by atomic mass is 9.94. The predicted octanol–water partition coefficient (Wildman–Crippen LogP) is 2.46. The summed E-state index contributed by atoms with van der Waals surface area (Å²) in [7, 11) is 1.65. The molecular formula is C23H34N2O4. The second-order valence-electron chi connectivity index (χ2n) is 9.38. The average molecular weight is 403 g/mol. The van der Waals surface area contributed by atoms with Gasteiger partial charge in [0.05, 0.1) is 12.0 Å². The van der Waals surface area contributed by atoms with Gasteiger partial charge in [0, 0.05) is 25.6 Å². The molecule has 1 amide bonds. The zero-order valence-corrected chi connectivity index (χ0v) is 18.1. The first-order valence-electron chi connectivity index (χ1n) is 10.5. The Morgan fingerprint density at radius 3 is 2.45 bits per heavy atom. The summed E-state index contributed by atoms with van der Waals surface area (Å²) in [6.07, 6.45) is 2.43. The van der Waals surface area contributed by atoms with Gasteiger partial charge in [0.2, 0.25) is 5.91 Å². The van der Waals surface area contributed by atoms with Crippen LogP contribution < -0.4 is 10.6 Å². The minimum Gasteiger partial charge on any atom is -0.458 e. The van der Waals surface area contributed by atoms with Crippen LogP contribution in [0.1, 0.15) is 46.1 Å². The van der Waals surface area contributed by atoms with Crippen molar-refractivity contribution in [1.82, 2.24) is 10.6 Å². The Bertz CT molecular complexity index is 705. The predicted molar refractivity (Wildman–Crippen MR) is 111 cm³/mol. The highest BCUT2D eigenvalue weighted by Gasteiger charge is 2.49. The number of rotatable bonds is 8. The summed E-state index contributed by atoms with van der Waals surface area (Å²) in [5.74, 6) is -0.265. The number of ether oxygens (including phenoxy) is 2. The van der Waals surface area contributed by atoms with Gasteiger partial charge in [-0.2, -0.15) is 0 Å². The number of nitrogens with one attached hydrogen (secondary N) is 2. The molecule has 0 spiro atoms. The van der Waals surface area contributed by atoms with Crippen LogP contribution in [0.3, 0.4) is 0 Å². The second kappa shape index (κ2) is 8.84. The van der Waals surface area contributed by atoms with Crippen LogP contribution in [0, 0.1) is 11.8 Å². The molecule has 1 aromatic carbocycles. The van der Waals surface area contributed by atoms with Gasteiger partial charge in [-0.1, -0.05) is 37.3 Å². The second-order valence-corrected chi connectivity index (χ2v) is 9.38. The molecule has 1 aromatic rings. The number of amides is 1. The van der Waals surface area contributed by atoms with E-state index >= 15 is 0 Å². The fourth-order valence-corrected chi connectivity index (χ4v) is 4.20. The number of fused-ring (bicyclic) bond motifs is 1. The first kappa shape index (κ1) is 21.8. The third-order valence-electron chi connectivity index (χ3n) is 5.77. The van der Waals surface area contributed by atoms with Crippen LogP contribution in [0.5, 0.6) is 0 Å². The Balaban J connectivity index is 1.67. The number of piperidine rings is 1. The fourth-order valence-electron chi connectivity index (χ4n) is 4.20. The maximum absolute atomic E-state index is 13.0.